The minimum Gasteiger partial charge on any atom is -0.382 e. The molecule has 0 fully saturated rings. The summed E-state index contributed by atoms with van der Waals surface area (Å²) in [4.78, 5) is 4.38. The van der Waals surface area contributed by atoms with Crippen molar-refractivity contribution in [3.63, 3.8) is 0 Å². The molecule has 0 saturated heterocycles. The summed E-state index contributed by atoms with van der Waals surface area (Å²) in [6.45, 7) is 6.94. The van der Waals surface area contributed by atoms with Gasteiger partial charge in [-0.1, -0.05) is 17.7 Å². The van der Waals surface area contributed by atoms with Gasteiger partial charge in [0.1, 0.15) is 0 Å². The number of nitrogens with one attached hydrogen (secondary N) is 3. The fourth-order valence-electron chi connectivity index (χ4n) is 2.07. The summed E-state index contributed by atoms with van der Waals surface area (Å²) in [7, 11) is -1.79. The smallest absolute Gasteiger partial charge is 0.240 e. The van der Waals surface area contributed by atoms with Crippen LogP contribution in [0.3, 0.4) is 0 Å². The third kappa shape index (κ3) is 10.3. The van der Waals surface area contributed by atoms with E-state index in [2.05, 4.69) is 20.3 Å². The summed E-state index contributed by atoms with van der Waals surface area (Å²) in [5.41, 5.74) is 1.02. The SMILES string of the molecule is CCOCCCCNC(=NC)NCCNS(=O)(=O)c1ccc(C)cc1.I. The first-order valence-corrected chi connectivity index (χ1v) is 10.1. The van der Waals surface area contributed by atoms with Crippen molar-refractivity contribution in [3.05, 3.63) is 29.8 Å². The van der Waals surface area contributed by atoms with Crippen LogP contribution in [0.1, 0.15) is 25.3 Å². The summed E-state index contributed by atoms with van der Waals surface area (Å²) in [6, 6.07) is 6.77. The Balaban J connectivity index is 0.00000625. The zero-order chi connectivity index (χ0) is 18.5. The Bertz CT molecular complexity index is 621. The molecule has 0 bridgehead atoms. The van der Waals surface area contributed by atoms with Gasteiger partial charge in [0.25, 0.3) is 0 Å². The number of nitrogens with zero attached hydrogens (tertiary/aromatic N) is 1. The molecule has 0 radical (unpaired) electrons. The number of rotatable bonds is 11. The van der Waals surface area contributed by atoms with Crippen molar-refractivity contribution in [2.75, 3.05) is 39.9 Å². The predicted molar refractivity (Wildman–Crippen MR) is 117 cm³/mol. The van der Waals surface area contributed by atoms with E-state index >= 15 is 0 Å². The van der Waals surface area contributed by atoms with Crippen LogP contribution >= 0.6 is 24.0 Å². The number of sulfonamides is 1. The standard InChI is InChI=1S/C17H30N4O3S.HI/c1-4-24-14-6-5-11-19-17(18-3)20-12-13-21-25(22,23)16-9-7-15(2)8-10-16;/h7-10,21H,4-6,11-14H2,1-3H3,(H2,18,19,20);1H. The number of aryl methyl sites for hydroxylation is 1. The highest BCUT2D eigenvalue weighted by Gasteiger charge is 2.12. The second-order valence-corrected chi connectivity index (χ2v) is 7.31. The molecule has 1 rings (SSSR count). The number of halogens is 1. The summed E-state index contributed by atoms with van der Waals surface area (Å²) in [5, 5.41) is 6.27. The van der Waals surface area contributed by atoms with Gasteiger partial charge in [0.2, 0.25) is 10.0 Å². The molecule has 0 aromatic heterocycles. The van der Waals surface area contributed by atoms with Crippen molar-refractivity contribution < 1.29 is 13.2 Å². The predicted octanol–water partition coefficient (Wildman–Crippen LogP) is 1.87. The van der Waals surface area contributed by atoms with Crippen LogP contribution in [0.4, 0.5) is 0 Å². The molecule has 0 spiro atoms. The lowest BCUT2D eigenvalue weighted by molar-refractivity contribution is 0.143. The maximum atomic E-state index is 12.2. The molecule has 0 aliphatic carbocycles. The zero-order valence-electron chi connectivity index (χ0n) is 15.7. The number of aliphatic imine (C=N–C) groups is 1. The number of hydrogen-bond acceptors (Lipinski definition) is 4. The largest absolute Gasteiger partial charge is 0.382 e. The molecule has 0 atom stereocenters. The average Bonchev–Trinajstić information content (AvgIpc) is 2.60. The number of hydrogen-bond donors (Lipinski definition) is 3. The molecule has 0 saturated carbocycles. The molecule has 26 heavy (non-hydrogen) atoms. The van der Waals surface area contributed by atoms with Gasteiger partial charge >= 0.3 is 0 Å². The fraction of sp³-hybridized carbons (Fsp3) is 0.588. The van der Waals surface area contributed by atoms with Crippen molar-refractivity contribution in [2.45, 2.75) is 31.6 Å². The van der Waals surface area contributed by atoms with Gasteiger partial charge in [-0.3, -0.25) is 4.99 Å². The van der Waals surface area contributed by atoms with Crippen molar-refractivity contribution in [2.24, 2.45) is 4.99 Å². The third-order valence-corrected chi connectivity index (χ3v) is 4.95. The molecular weight excluding hydrogens is 467 g/mol. The van der Waals surface area contributed by atoms with Gasteiger partial charge in [-0.2, -0.15) is 0 Å². The zero-order valence-corrected chi connectivity index (χ0v) is 18.9. The van der Waals surface area contributed by atoms with E-state index in [0.717, 1.165) is 38.2 Å². The van der Waals surface area contributed by atoms with Crippen molar-refractivity contribution >= 4 is 40.0 Å². The molecular formula is C17H31IN4O3S. The Morgan fingerprint density at radius 1 is 1.08 bits per heavy atom. The Kier molecular flexibility index (Phi) is 13.7. The van der Waals surface area contributed by atoms with Crippen molar-refractivity contribution in [1.29, 1.82) is 0 Å². The molecule has 7 nitrogen and oxygen atoms in total. The van der Waals surface area contributed by atoms with E-state index in [4.69, 9.17) is 4.74 Å². The highest BCUT2D eigenvalue weighted by molar-refractivity contribution is 14.0. The van der Waals surface area contributed by atoms with E-state index in [-0.39, 0.29) is 35.4 Å². The van der Waals surface area contributed by atoms with Crippen LogP contribution in [-0.4, -0.2) is 54.3 Å². The molecule has 0 heterocycles. The number of unbranched alkanes of at least 4 members (excludes halogenated alkanes) is 1. The third-order valence-electron chi connectivity index (χ3n) is 3.48. The van der Waals surface area contributed by atoms with Crippen LogP contribution in [0.15, 0.2) is 34.2 Å². The van der Waals surface area contributed by atoms with E-state index in [0.29, 0.717) is 12.5 Å². The van der Waals surface area contributed by atoms with Crippen LogP contribution < -0.4 is 15.4 Å². The lowest BCUT2D eigenvalue weighted by atomic mass is 10.2. The van der Waals surface area contributed by atoms with Crippen molar-refractivity contribution in [3.8, 4) is 0 Å². The van der Waals surface area contributed by atoms with Crippen LogP contribution in [0, 0.1) is 6.92 Å². The average molecular weight is 498 g/mol. The molecule has 0 amide bonds. The summed E-state index contributed by atoms with van der Waals surface area (Å²) in [6.07, 6.45) is 1.98. The Hall–Kier alpha value is -0.910. The molecule has 1 aromatic carbocycles. The quantitative estimate of drug-likeness (QED) is 0.188. The van der Waals surface area contributed by atoms with E-state index < -0.39 is 10.0 Å². The fourth-order valence-corrected chi connectivity index (χ4v) is 3.10. The highest BCUT2D eigenvalue weighted by atomic mass is 127. The molecule has 9 heteroatoms. The van der Waals surface area contributed by atoms with Gasteiger partial charge in [0, 0.05) is 39.9 Å². The first-order chi connectivity index (χ1) is 12.0. The van der Waals surface area contributed by atoms with Gasteiger partial charge in [-0.25, -0.2) is 13.1 Å². The maximum Gasteiger partial charge on any atom is 0.240 e. The van der Waals surface area contributed by atoms with Gasteiger partial charge in [-0.05, 0) is 38.8 Å². The second-order valence-electron chi connectivity index (χ2n) is 5.54. The van der Waals surface area contributed by atoms with E-state index in [1.807, 2.05) is 13.8 Å². The van der Waals surface area contributed by atoms with Gasteiger partial charge in [0.05, 0.1) is 4.90 Å². The second kappa shape index (κ2) is 14.2. The molecule has 1 aromatic rings. The summed E-state index contributed by atoms with van der Waals surface area (Å²) < 4.78 is 32.2. The summed E-state index contributed by atoms with van der Waals surface area (Å²) >= 11 is 0. The monoisotopic (exact) mass is 498 g/mol. The Morgan fingerprint density at radius 2 is 1.73 bits per heavy atom. The lowest BCUT2D eigenvalue weighted by Crippen LogP contribution is -2.41. The first kappa shape index (κ1) is 25.1. The highest BCUT2D eigenvalue weighted by Crippen LogP contribution is 2.09. The molecule has 0 unspecified atom stereocenters. The molecule has 3 N–H and O–H groups in total. The van der Waals surface area contributed by atoms with E-state index in [1.54, 1.807) is 31.3 Å². The number of guanidine groups is 1. The Labute approximate surface area is 174 Å². The van der Waals surface area contributed by atoms with Gasteiger partial charge in [-0.15, -0.1) is 24.0 Å². The Morgan fingerprint density at radius 3 is 2.35 bits per heavy atom. The minimum absolute atomic E-state index is 0. The minimum atomic E-state index is -3.48. The van der Waals surface area contributed by atoms with Crippen LogP contribution in [0.2, 0.25) is 0 Å². The molecule has 150 valence electrons. The van der Waals surface area contributed by atoms with Crippen LogP contribution in [0.5, 0.6) is 0 Å². The van der Waals surface area contributed by atoms with Gasteiger partial charge < -0.3 is 15.4 Å². The molecule has 0 aliphatic heterocycles. The normalized spacial score (nSPS) is 11.7. The van der Waals surface area contributed by atoms with Crippen molar-refractivity contribution in [1.82, 2.24) is 15.4 Å². The first-order valence-electron chi connectivity index (χ1n) is 8.58. The van der Waals surface area contributed by atoms with Gasteiger partial charge in [0.15, 0.2) is 5.96 Å². The lowest BCUT2D eigenvalue weighted by Gasteiger charge is -2.12. The van der Waals surface area contributed by atoms with Crippen LogP contribution in [-0.2, 0) is 14.8 Å². The van der Waals surface area contributed by atoms with E-state index in [1.165, 1.54) is 0 Å². The maximum absolute atomic E-state index is 12.2. The number of ether oxygens (including phenoxy) is 1. The topological polar surface area (TPSA) is 91.8 Å². The van der Waals surface area contributed by atoms with E-state index in [9.17, 15) is 8.42 Å². The number of benzene rings is 1. The van der Waals surface area contributed by atoms with Crippen LogP contribution in [0.25, 0.3) is 0 Å². The summed E-state index contributed by atoms with van der Waals surface area (Å²) in [5.74, 6) is 0.658. The molecule has 0 aliphatic rings.